The Balaban J connectivity index is 1.71. The highest BCUT2D eigenvalue weighted by Crippen LogP contribution is 2.20. The zero-order valence-corrected chi connectivity index (χ0v) is 26.4. The Morgan fingerprint density at radius 1 is 0.538 bits per heavy atom. The number of ether oxygens (including phenoxy) is 1. The van der Waals surface area contributed by atoms with Gasteiger partial charge in [0.1, 0.15) is 6.10 Å². The third-order valence-electron chi connectivity index (χ3n) is 8.12. The molecule has 2 heteroatoms. The van der Waals surface area contributed by atoms with E-state index in [1.165, 1.54) is 161 Å². The summed E-state index contributed by atoms with van der Waals surface area (Å²) in [7, 11) is 0. The number of carbonyl (C=O) groups excluding carboxylic acids is 1. The van der Waals surface area contributed by atoms with E-state index in [1.54, 1.807) is 0 Å². The van der Waals surface area contributed by atoms with Gasteiger partial charge in [-0.3, -0.25) is 0 Å². The summed E-state index contributed by atoms with van der Waals surface area (Å²) in [6.07, 6.45) is 47.9. The minimum atomic E-state index is -0.0921. The Kier molecular flexibility index (Phi) is 25.9. The third kappa shape index (κ3) is 24.2. The Hall–Kier alpha value is -1.31. The number of unbranched alkanes of at least 4 members (excludes halogenated alkanes) is 23. The predicted molar refractivity (Wildman–Crippen MR) is 172 cm³/mol. The van der Waals surface area contributed by atoms with E-state index < -0.39 is 0 Å². The van der Waals surface area contributed by atoms with E-state index in [-0.39, 0.29) is 12.1 Å². The second-order valence-corrected chi connectivity index (χ2v) is 12.1. The van der Waals surface area contributed by atoms with Gasteiger partial charge in [-0.2, -0.15) is 0 Å². The molecule has 2 nitrogen and oxygen atoms in total. The van der Waals surface area contributed by atoms with Crippen LogP contribution in [0, 0.1) is 0 Å². The first-order valence-electron chi connectivity index (χ1n) is 17.5. The van der Waals surface area contributed by atoms with Crippen LogP contribution in [0.15, 0.2) is 36.0 Å². The Labute approximate surface area is 244 Å². The summed E-state index contributed by atoms with van der Waals surface area (Å²) in [6.45, 7) is 4.23. The smallest absolute Gasteiger partial charge is 0.334 e. The maximum Gasteiger partial charge on any atom is 0.334 e. The topological polar surface area (TPSA) is 26.3 Å². The number of hydrogen-bond donors (Lipinski definition) is 0. The average Bonchev–Trinajstić information content (AvgIpc) is 3.26. The second kappa shape index (κ2) is 28.2. The summed E-state index contributed by atoms with van der Waals surface area (Å²) in [5.74, 6) is -0.0921. The number of carbonyl (C=O) groups is 1. The van der Waals surface area contributed by atoms with E-state index in [1.807, 2.05) is 13.0 Å². The lowest BCUT2D eigenvalue weighted by Gasteiger charge is -2.03. The molecule has 0 aromatic heterocycles. The quantitative estimate of drug-likeness (QED) is 0.0533. The number of allylic oxidation sites excluding steroid dienone is 4. The standard InChI is InChI=1S/C37H66O2/c1-3-4-5-6-7-8-9-10-11-12-13-14-15-16-17-18-19-20-21-22-23-24-25-26-27-28-29-30-31-32-33-36-34-35(2)39-37(36)38/h16-17,20-21,34-35H,3-15,18-19,22-33H2,1-2H3. The first-order valence-corrected chi connectivity index (χ1v) is 17.5. The fourth-order valence-corrected chi connectivity index (χ4v) is 5.57. The van der Waals surface area contributed by atoms with Gasteiger partial charge in [0, 0.05) is 5.57 Å². The van der Waals surface area contributed by atoms with Gasteiger partial charge in [-0.1, -0.05) is 153 Å². The first-order chi connectivity index (χ1) is 19.2. The molecule has 0 N–H and O–H groups in total. The van der Waals surface area contributed by atoms with Gasteiger partial charge in [0.2, 0.25) is 0 Å². The summed E-state index contributed by atoms with van der Waals surface area (Å²) in [5.41, 5.74) is 0.898. The highest BCUT2D eigenvalue weighted by Gasteiger charge is 2.21. The summed E-state index contributed by atoms with van der Waals surface area (Å²) >= 11 is 0. The Morgan fingerprint density at radius 2 is 0.897 bits per heavy atom. The molecule has 39 heavy (non-hydrogen) atoms. The fourth-order valence-electron chi connectivity index (χ4n) is 5.57. The molecule has 1 aliphatic heterocycles. The lowest BCUT2D eigenvalue weighted by atomic mass is 10.0. The summed E-state index contributed by atoms with van der Waals surface area (Å²) in [6, 6.07) is 0. The van der Waals surface area contributed by atoms with Crippen molar-refractivity contribution < 1.29 is 9.53 Å². The average molecular weight is 543 g/mol. The Bertz CT molecular complexity index is 629. The molecular formula is C37H66O2. The molecule has 1 rings (SSSR count). The predicted octanol–water partition coefficient (Wildman–Crippen LogP) is 12.5. The van der Waals surface area contributed by atoms with Gasteiger partial charge >= 0.3 is 5.97 Å². The number of cyclic esters (lactones) is 1. The lowest BCUT2D eigenvalue weighted by molar-refractivity contribution is -0.139. The molecule has 1 unspecified atom stereocenters. The molecule has 0 amide bonds. The SMILES string of the molecule is CCCCCCCCCCCCCCC=CCCC=CCCCCCCCCCCCCC1=CC(C)OC1=O. The second-order valence-electron chi connectivity index (χ2n) is 12.1. The van der Waals surface area contributed by atoms with Crippen LogP contribution in [0.3, 0.4) is 0 Å². The van der Waals surface area contributed by atoms with E-state index in [9.17, 15) is 4.79 Å². The minimum absolute atomic E-state index is 0.0190. The van der Waals surface area contributed by atoms with Crippen molar-refractivity contribution in [3.05, 3.63) is 36.0 Å². The third-order valence-corrected chi connectivity index (χ3v) is 8.12. The minimum Gasteiger partial charge on any atom is -0.455 e. The molecule has 0 spiro atoms. The van der Waals surface area contributed by atoms with E-state index in [0.29, 0.717) is 0 Å². The van der Waals surface area contributed by atoms with Crippen LogP contribution in [0.2, 0.25) is 0 Å². The van der Waals surface area contributed by atoms with Crippen LogP contribution in [-0.4, -0.2) is 12.1 Å². The van der Waals surface area contributed by atoms with E-state index in [2.05, 4.69) is 31.2 Å². The molecular weight excluding hydrogens is 476 g/mol. The van der Waals surface area contributed by atoms with Crippen molar-refractivity contribution in [2.24, 2.45) is 0 Å². The van der Waals surface area contributed by atoms with Gasteiger partial charge in [0.05, 0.1) is 0 Å². The molecule has 1 atom stereocenters. The normalized spacial score (nSPS) is 15.6. The van der Waals surface area contributed by atoms with Crippen molar-refractivity contribution in [2.75, 3.05) is 0 Å². The molecule has 0 aliphatic carbocycles. The molecule has 0 saturated carbocycles. The lowest BCUT2D eigenvalue weighted by Crippen LogP contribution is -2.03. The van der Waals surface area contributed by atoms with Gasteiger partial charge < -0.3 is 4.74 Å². The zero-order valence-electron chi connectivity index (χ0n) is 26.4. The number of hydrogen-bond acceptors (Lipinski definition) is 2. The van der Waals surface area contributed by atoms with Crippen molar-refractivity contribution in [1.29, 1.82) is 0 Å². The molecule has 1 aliphatic rings. The van der Waals surface area contributed by atoms with Crippen LogP contribution in [0.4, 0.5) is 0 Å². The molecule has 0 bridgehead atoms. The van der Waals surface area contributed by atoms with Crippen molar-refractivity contribution >= 4 is 5.97 Å². The maximum absolute atomic E-state index is 11.6. The highest BCUT2D eigenvalue weighted by atomic mass is 16.5. The van der Waals surface area contributed by atoms with Gasteiger partial charge in [-0.15, -0.1) is 0 Å². The first kappa shape index (κ1) is 35.7. The van der Waals surface area contributed by atoms with Crippen LogP contribution in [0.25, 0.3) is 0 Å². The van der Waals surface area contributed by atoms with Gasteiger partial charge in [-0.25, -0.2) is 4.79 Å². The van der Waals surface area contributed by atoms with Crippen molar-refractivity contribution in [3.63, 3.8) is 0 Å². The van der Waals surface area contributed by atoms with Crippen LogP contribution in [0.5, 0.6) is 0 Å². The van der Waals surface area contributed by atoms with E-state index in [0.717, 1.165) is 18.4 Å². The Morgan fingerprint density at radius 3 is 1.28 bits per heavy atom. The van der Waals surface area contributed by atoms with Gasteiger partial charge in [0.15, 0.2) is 0 Å². The van der Waals surface area contributed by atoms with Crippen molar-refractivity contribution in [3.8, 4) is 0 Å². The molecule has 0 aromatic rings. The van der Waals surface area contributed by atoms with Crippen molar-refractivity contribution in [2.45, 2.75) is 193 Å². The molecule has 0 aromatic carbocycles. The van der Waals surface area contributed by atoms with E-state index in [4.69, 9.17) is 4.74 Å². The summed E-state index contributed by atoms with van der Waals surface area (Å²) in [4.78, 5) is 11.6. The molecule has 1 heterocycles. The monoisotopic (exact) mass is 543 g/mol. The molecule has 0 fully saturated rings. The molecule has 0 saturated heterocycles. The van der Waals surface area contributed by atoms with Crippen LogP contribution >= 0.6 is 0 Å². The van der Waals surface area contributed by atoms with Crippen LogP contribution in [-0.2, 0) is 9.53 Å². The van der Waals surface area contributed by atoms with Gasteiger partial charge in [-0.05, 0) is 64.4 Å². The molecule has 226 valence electrons. The summed E-state index contributed by atoms with van der Waals surface area (Å²) < 4.78 is 5.15. The largest absolute Gasteiger partial charge is 0.455 e. The van der Waals surface area contributed by atoms with Crippen LogP contribution in [0.1, 0.15) is 187 Å². The van der Waals surface area contributed by atoms with Gasteiger partial charge in [0.25, 0.3) is 0 Å². The zero-order chi connectivity index (χ0) is 28.1. The van der Waals surface area contributed by atoms with Crippen molar-refractivity contribution in [1.82, 2.24) is 0 Å². The maximum atomic E-state index is 11.6. The highest BCUT2D eigenvalue weighted by molar-refractivity contribution is 5.90. The number of esters is 1. The number of rotatable bonds is 29. The van der Waals surface area contributed by atoms with Crippen LogP contribution < -0.4 is 0 Å². The molecule has 0 radical (unpaired) electrons. The van der Waals surface area contributed by atoms with E-state index >= 15 is 0 Å². The fraction of sp³-hybridized carbons (Fsp3) is 0.811. The summed E-state index contributed by atoms with van der Waals surface area (Å²) in [5, 5.41) is 0.